The number of aliphatic carboxylic acids is 1. The number of nitrogens with zero attached hydrogens (tertiary/aromatic N) is 1. The van der Waals surface area contributed by atoms with Gasteiger partial charge in [-0.3, -0.25) is 0 Å². The average Bonchev–Trinajstić information content (AvgIpc) is 2.79. The zero-order valence-electron chi connectivity index (χ0n) is 10.1. The van der Waals surface area contributed by atoms with E-state index in [1.54, 1.807) is 25.1 Å². The average molecular weight is 261 g/mol. The number of rotatable bonds is 4. The number of carbonyl (C=O) groups is 2. The Bertz CT molecular complexity index is 656. The van der Waals surface area contributed by atoms with Crippen molar-refractivity contribution in [3.63, 3.8) is 0 Å². The molecule has 19 heavy (non-hydrogen) atoms. The summed E-state index contributed by atoms with van der Waals surface area (Å²) < 4.78 is 10.0. The highest BCUT2D eigenvalue weighted by Crippen LogP contribution is 2.18. The van der Waals surface area contributed by atoms with Crippen molar-refractivity contribution in [1.29, 1.82) is 0 Å². The third kappa shape index (κ3) is 2.98. The van der Waals surface area contributed by atoms with E-state index in [1.165, 1.54) is 6.08 Å². The number of esters is 1. The minimum absolute atomic E-state index is 0.115. The molecule has 0 unspecified atom stereocenters. The fourth-order valence-electron chi connectivity index (χ4n) is 1.49. The van der Waals surface area contributed by atoms with Crippen molar-refractivity contribution < 1.29 is 23.8 Å². The number of hydrogen-bond acceptors (Lipinski definition) is 5. The number of carbonyl (C=O) groups excluding carboxylic acids is 1. The van der Waals surface area contributed by atoms with E-state index in [0.29, 0.717) is 16.7 Å². The Morgan fingerprint density at radius 3 is 2.95 bits per heavy atom. The molecule has 0 saturated carbocycles. The number of fused-ring (bicyclic) bond motifs is 1. The fourth-order valence-corrected chi connectivity index (χ4v) is 1.49. The van der Waals surface area contributed by atoms with E-state index in [2.05, 4.69) is 4.98 Å². The monoisotopic (exact) mass is 261 g/mol. The van der Waals surface area contributed by atoms with Crippen LogP contribution in [0.4, 0.5) is 0 Å². The molecule has 0 amide bonds. The van der Waals surface area contributed by atoms with Crippen LogP contribution in [0.2, 0.25) is 0 Å². The minimum atomic E-state index is -1.04. The molecule has 2 rings (SSSR count). The quantitative estimate of drug-likeness (QED) is 0.669. The summed E-state index contributed by atoms with van der Waals surface area (Å²) >= 11 is 0. The van der Waals surface area contributed by atoms with Gasteiger partial charge < -0.3 is 14.3 Å². The second-order valence-electron chi connectivity index (χ2n) is 3.64. The molecule has 1 heterocycles. The first-order chi connectivity index (χ1) is 9.10. The Morgan fingerprint density at radius 1 is 1.47 bits per heavy atom. The summed E-state index contributed by atoms with van der Waals surface area (Å²) in [5.74, 6) is -1.78. The molecule has 0 aliphatic rings. The van der Waals surface area contributed by atoms with Crippen molar-refractivity contribution in [3.8, 4) is 0 Å². The van der Waals surface area contributed by atoms with Crippen molar-refractivity contribution >= 4 is 29.1 Å². The standard InChI is InChI=1S/C13H11NO5/c1-2-18-13(17)12-14-9-5-3-8(4-6-11(15)16)7-10(9)19-12/h3-7H,2H2,1H3,(H,15,16)/b6-4+. The highest BCUT2D eigenvalue weighted by atomic mass is 16.5. The van der Waals surface area contributed by atoms with Crippen LogP contribution < -0.4 is 0 Å². The molecular weight excluding hydrogens is 250 g/mol. The lowest BCUT2D eigenvalue weighted by Gasteiger charge is -1.94. The molecule has 98 valence electrons. The molecule has 1 aromatic heterocycles. The van der Waals surface area contributed by atoms with Crippen LogP contribution in [-0.4, -0.2) is 28.6 Å². The van der Waals surface area contributed by atoms with Crippen molar-refractivity contribution in [3.05, 3.63) is 35.7 Å². The highest BCUT2D eigenvalue weighted by molar-refractivity contribution is 5.89. The first-order valence-electron chi connectivity index (χ1n) is 5.59. The summed E-state index contributed by atoms with van der Waals surface area (Å²) in [6.45, 7) is 1.93. The fraction of sp³-hybridized carbons (Fsp3) is 0.154. The summed E-state index contributed by atoms with van der Waals surface area (Å²) in [5, 5.41) is 8.54. The summed E-state index contributed by atoms with van der Waals surface area (Å²) in [6, 6.07) is 4.92. The second kappa shape index (κ2) is 5.34. The van der Waals surface area contributed by atoms with E-state index in [-0.39, 0.29) is 12.5 Å². The van der Waals surface area contributed by atoms with Crippen molar-refractivity contribution in [2.24, 2.45) is 0 Å². The van der Waals surface area contributed by atoms with Gasteiger partial charge in [-0.25, -0.2) is 14.6 Å². The lowest BCUT2D eigenvalue weighted by atomic mass is 10.2. The van der Waals surface area contributed by atoms with Gasteiger partial charge in [0.1, 0.15) is 5.52 Å². The number of ether oxygens (including phenoxy) is 1. The van der Waals surface area contributed by atoms with Crippen LogP contribution in [0.15, 0.2) is 28.7 Å². The molecule has 0 atom stereocenters. The molecule has 2 aromatic rings. The van der Waals surface area contributed by atoms with Gasteiger partial charge in [-0.2, -0.15) is 0 Å². The van der Waals surface area contributed by atoms with Gasteiger partial charge in [0.25, 0.3) is 0 Å². The Hall–Kier alpha value is -2.63. The lowest BCUT2D eigenvalue weighted by Crippen LogP contribution is -2.04. The Morgan fingerprint density at radius 2 is 2.26 bits per heavy atom. The van der Waals surface area contributed by atoms with Gasteiger partial charge in [0.15, 0.2) is 5.58 Å². The molecule has 0 saturated heterocycles. The van der Waals surface area contributed by atoms with E-state index < -0.39 is 11.9 Å². The van der Waals surface area contributed by atoms with Crippen molar-refractivity contribution in [1.82, 2.24) is 4.98 Å². The smallest absolute Gasteiger partial charge is 0.394 e. The van der Waals surface area contributed by atoms with Crippen LogP contribution >= 0.6 is 0 Å². The van der Waals surface area contributed by atoms with Gasteiger partial charge >= 0.3 is 17.8 Å². The molecule has 6 heteroatoms. The first kappa shape index (κ1) is 12.8. The van der Waals surface area contributed by atoms with E-state index in [4.69, 9.17) is 14.3 Å². The van der Waals surface area contributed by atoms with Gasteiger partial charge in [-0.15, -0.1) is 0 Å². The Labute approximate surface area is 108 Å². The van der Waals surface area contributed by atoms with Crippen LogP contribution in [0.1, 0.15) is 23.2 Å². The topological polar surface area (TPSA) is 89.6 Å². The molecule has 0 bridgehead atoms. The normalized spacial score (nSPS) is 11.0. The molecule has 0 spiro atoms. The maximum atomic E-state index is 11.4. The third-order valence-corrected chi connectivity index (χ3v) is 2.28. The van der Waals surface area contributed by atoms with Crippen LogP contribution in [-0.2, 0) is 9.53 Å². The molecule has 0 aliphatic carbocycles. The predicted molar refractivity (Wildman–Crippen MR) is 66.6 cm³/mol. The number of aromatic nitrogens is 1. The Kier molecular flexibility index (Phi) is 3.61. The van der Waals surface area contributed by atoms with Crippen molar-refractivity contribution in [2.45, 2.75) is 6.92 Å². The predicted octanol–water partition coefficient (Wildman–Crippen LogP) is 2.10. The van der Waals surface area contributed by atoms with Crippen LogP contribution in [0, 0.1) is 0 Å². The van der Waals surface area contributed by atoms with E-state index in [1.807, 2.05) is 0 Å². The zero-order chi connectivity index (χ0) is 13.8. The van der Waals surface area contributed by atoms with Crippen molar-refractivity contribution in [2.75, 3.05) is 6.61 Å². The number of carboxylic acid groups (broad SMARTS) is 1. The third-order valence-electron chi connectivity index (χ3n) is 2.28. The van der Waals surface area contributed by atoms with E-state index in [9.17, 15) is 9.59 Å². The maximum absolute atomic E-state index is 11.4. The van der Waals surface area contributed by atoms with E-state index >= 15 is 0 Å². The van der Waals surface area contributed by atoms with Crippen LogP contribution in [0.3, 0.4) is 0 Å². The summed E-state index contributed by atoms with van der Waals surface area (Å²) in [4.78, 5) is 25.8. The molecule has 6 nitrogen and oxygen atoms in total. The summed E-state index contributed by atoms with van der Waals surface area (Å²) in [7, 11) is 0. The molecule has 1 aromatic carbocycles. The van der Waals surface area contributed by atoms with Crippen LogP contribution in [0.5, 0.6) is 0 Å². The molecule has 1 N–H and O–H groups in total. The Balaban J connectivity index is 2.33. The van der Waals surface area contributed by atoms with Gasteiger partial charge in [-0.05, 0) is 30.7 Å². The zero-order valence-corrected chi connectivity index (χ0v) is 10.1. The number of oxazole rings is 1. The van der Waals surface area contributed by atoms with Gasteiger partial charge in [0.05, 0.1) is 6.61 Å². The number of carboxylic acids is 1. The summed E-state index contributed by atoms with van der Waals surface area (Å²) in [5.41, 5.74) is 1.55. The van der Waals surface area contributed by atoms with Gasteiger partial charge in [-0.1, -0.05) is 6.07 Å². The second-order valence-corrected chi connectivity index (χ2v) is 3.64. The lowest BCUT2D eigenvalue weighted by molar-refractivity contribution is -0.131. The van der Waals surface area contributed by atoms with Crippen LogP contribution in [0.25, 0.3) is 17.2 Å². The first-order valence-corrected chi connectivity index (χ1v) is 5.59. The molecular formula is C13H11NO5. The number of benzene rings is 1. The minimum Gasteiger partial charge on any atom is -0.478 e. The van der Waals surface area contributed by atoms with Gasteiger partial charge in [0.2, 0.25) is 0 Å². The van der Waals surface area contributed by atoms with E-state index in [0.717, 1.165) is 6.08 Å². The highest BCUT2D eigenvalue weighted by Gasteiger charge is 2.15. The molecule has 0 radical (unpaired) electrons. The largest absolute Gasteiger partial charge is 0.478 e. The maximum Gasteiger partial charge on any atom is 0.394 e. The SMILES string of the molecule is CCOC(=O)c1nc2ccc(/C=C/C(=O)O)cc2o1. The van der Waals surface area contributed by atoms with Gasteiger partial charge in [0, 0.05) is 6.08 Å². The molecule has 0 fully saturated rings. The molecule has 0 aliphatic heterocycles. The number of hydrogen-bond donors (Lipinski definition) is 1. The summed E-state index contributed by atoms with van der Waals surface area (Å²) in [6.07, 6.45) is 2.44.